The fourth-order valence-corrected chi connectivity index (χ4v) is 2.02. The predicted molar refractivity (Wildman–Crippen MR) is 82.5 cm³/mol. The molecule has 0 heterocycles. The molecular formula is C15H16ClN3O. The van der Waals surface area contributed by atoms with Crippen molar-refractivity contribution in [1.29, 1.82) is 0 Å². The first-order valence-electron chi connectivity index (χ1n) is 6.17. The highest BCUT2D eigenvalue weighted by Gasteiger charge is 2.02. The quantitative estimate of drug-likeness (QED) is 0.350. The molecule has 104 valence electrons. The van der Waals surface area contributed by atoms with Crippen LogP contribution < -0.4 is 11.1 Å². The number of halogens is 1. The second-order valence-electron chi connectivity index (χ2n) is 4.45. The van der Waals surface area contributed by atoms with Crippen molar-refractivity contribution in [3.63, 3.8) is 0 Å². The molecule has 0 saturated carbocycles. The van der Waals surface area contributed by atoms with Gasteiger partial charge in [-0.2, -0.15) is 0 Å². The van der Waals surface area contributed by atoms with Crippen LogP contribution >= 0.6 is 11.6 Å². The zero-order valence-corrected chi connectivity index (χ0v) is 11.9. The highest BCUT2D eigenvalue weighted by atomic mass is 35.5. The molecule has 0 fully saturated rings. The van der Waals surface area contributed by atoms with Crippen LogP contribution in [0.15, 0.2) is 47.6 Å². The van der Waals surface area contributed by atoms with Crippen molar-refractivity contribution in [1.82, 2.24) is 0 Å². The Kier molecular flexibility index (Phi) is 4.48. The number of anilines is 1. The van der Waals surface area contributed by atoms with Gasteiger partial charge in [-0.25, -0.2) is 0 Å². The van der Waals surface area contributed by atoms with Crippen LogP contribution in [0.3, 0.4) is 0 Å². The molecular weight excluding hydrogens is 274 g/mol. The highest BCUT2D eigenvalue weighted by molar-refractivity contribution is 6.31. The average Bonchev–Trinajstić information content (AvgIpc) is 2.48. The number of nitrogens with one attached hydrogen (secondary N) is 1. The number of hydrogen-bond acceptors (Lipinski definition) is 3. The Morgan fingerprint density at radius 3 is 2.60 bits per heavy atom. The first-order chi connectivity index (χ1) is 9.61. The van der Waals surface area contributed by atoms with E-state index >= 15 is 0 Å². The summed E-state index contributed by atoms with van der Waals surface area (Å²) < 4.78 is 0. The van der Waals surface area contributed by atoms with E-state index in [2.05, 4.69) is 10.5 Å². The van der Waals surface area contributed by atoms with Crippen molar-refractivity contribution < 1.29 is 5.21 Å². The molecule has 0 atom stereocenters. The zero-order valence-electron chi connectivity index (χ0n) is 11.1. The van der Waals surface area contributed by atoms with Gasteiger partial charge in [0.05, 0.1) is 0 Å². The molecule has 2 aromatic rings. The molecule has 0 aliphatic heterocycles. The highest BCUT2D eigenvalue weighted by Crippen LogP contribution is 2.23. The monoisotopic (exact) mass is 289 g/mol. The largest absolute Gasteiger partial charge is 0.409 e. The summed E-state index contributed by atoms with van der Waals surface area (Å²) in [6, 6.07) is 13.3. The smallest absolute Gasteiger partial charge is 0.170 e. The Morgan fingerprint density at radius 1 is 1.25 bits per heavy atom. The van der Waals surface area contributed by atoms with Crippen LogP contribution in [-0.2, 0) is 6.54 Å². The molecule has 0 spiro atoms. The third-order valence-electron chi connectivity index (χ3n) is 3.11. The van der Waals surface area contributed by atoms with Crippen LogP contribution in [0.4, 0.5) is 5.69 Å². The second-order valence-corrected chi connectivity index (χ2v) is 4.86. The summed E-state index contributed by atoms with van der Waals surface area (Å²) in [5.41, 5.74) is 9.34. The molecule has 0 amide bonds. The molecule has 0 bridgehead atoms. The van der Waals surface area contributed by atoms with E-state index in [1.807, 2.05) is 49.4 Å². The van der Waals surface area contributed by atoms with Gasteiger partial charge in [-0.05, 0) is 30.2 Å². The van der Waals surface area contributed by atoms with E-state index in [4.69, 9.17) is 22.5 Å². The van der Waals surface area contributed by atoms with Crippen molar-refractivity contribution in [3.8, 4) is 0 Å². The van der Waals surface area contributed by atoms with E-state index in [9.17, 15) is 0 Å². The van der Waals surface area contributed by atoms with E-state index in [0.717, 1.165) is 21.8 Å². The van der Waals surface area contributed by atoms with Gasteiger partial charge in [0.1, 0.15) is 0 Å². The molecule has 2 aromatic carbocycles. The van der Waals surface area contributed by atoms with Crippen LogP contribution in [0.1, 0.15) is 16.7 Å². The lowest BCUT2D eigenvalue weighted by molar-refractivity contribution is 0.318. The van der Waals surface area contributed by atoms with Gasteiger partial charge in [0, 0.05) is 22.8 Å². The molecule has 5 heteroatoms. The molecule has 0 saturated heterocycles. The summed E-state index contributed by atoms with van der Waals surface area (Å²) >= 11 is 6.08. The number of nitrogens with zero attached hydrogens (tertiary/aromatic N) is 1. The average molecular weight is 290 g/mol. The SMILES string of the molecule is Cc1c(Cl)cccc1NCc1ccc(C(N)=NO)cc1. The third kappa shape index (κ3) is 3.22. The second kappa shape index (κ2) is 6.30. The Morgan fingerprint density at radius 2 is 1.95 bits per heavy atom. The lowest BCUT2D eigenvalue weighted by Crippen LogP contribution is -2.13. The van der Waals surface area contributed by atoms with Crippen LogP contribution in [0, 0.1) is 6.92 Å². The fourth-order valence-electron chi connectivity index (χ4n) is 1.85. The van der Waals surface area contributed by atoms with E-state index < -0.39 is 0 Å². The lowest BCUT2D eigenvalue weighted by atomic mass is 10.1. The molecule has 0 aliphatic rings. The van der Waals surface area contributed by atoms with Crippen molar-refractivity contribution in [3.05, 3.63) is 64.2 Å². The molecule has 0 aromatic heterocycles. The van der Waals surface area contributed by atoms with Gasteiger partial charge >= 0.3 is 0 Å². The van der Waals surface area contributed by atoms with Crippen molar-refractivity contribution in [2.24, 2.45) is 10.9 Å². The summed E-state index contributed by atoms with van der Waals surface area (Å²) in [5.74, 6) is 0.107. The minimum absolute atomic E-state index is 0.107. The molecule has 20 heavy (non-hydrogen) atoms. The molecule has 4 nitrogen and oxygen atoms in total. The van der Waals surface area contributed by atoms with Gasteiger partial charge < -0.3 is 16.3 Å². The first kappa shape index (κ1) is 14.2. The number of amidine groups is 1. The maximum absolute atomic E-state index is 8.60. The van der Waals surface area contributed by atoms with Gasteiger partial charge in [0.2, 0.25) is 0 Å². The minimum atomic E-state index is 0.107. The maximum atomic E-state index is 8.60. The molecule has 0 unspecified atom stereocenters. The van der Waals surface area contributed by atoms with Crippen LogP contribution in [0.25, 0.3) is 0 Å². The van der Waals surface area contributed by atoms with Gasteiger partial charge in [-0.3, -0.25) is 0 Å². The van der Waals surface area contributed by atoms with Gasteiger partial charge in [0.15, 0.2) is 5.84 Å². The standard InChI is InChI=1S/C15H16ClN3O/c1-10-13(16)3-2-4-14(10)18-9-11-5-7-12(8-6-11)15(17)19-20/h2-8,18,20H,9H2,1H3,(H2,17,19). The fraction of sp³-hybridized carbons (Fsp3) is 0.133. The maximum Gasteiger partial charge on any atom is 0.170 e. The van der Waals surface area contributed by atoms with Gasteiger partial charge in [0.25, 0.3) is 0 Å². The summed E-state index contributed by atoms with van der Waals surface area (Å²) in [6.45, 7) is 2.66. The van der Waals surface area contributed by atoms with E-state index in [1.54, 1.807) is 0 Å². The number of oxime groups is 1. The Balaban J connectivity index is 2.06. The number of benzene rings is 2. The summed E-state index contributed by atoms with van der Waals surface area (Å²) in [7, 11) is 0. The first-order valence-corrected chi connectivity index (χ1v) is 6.55. The summed E-state index contributed by atoms with van der Waals surface area (Å²) in [4.78, 5) is 0. The molecule has 0 aliphatic carbocycles. The molecule has 0 radical (unpaired) electrons. The van der Waals surface area contributed by atoms with Crippen molar-refractivity contribution in [2.75, 3.05) is 5.32 Å². The van der Waals surface area contributed by atoms with Gasteiger partial charge in [-0.15, -0.1) is 0 Å². The number of rotatable bonds is 4. The lowest BCUT2D eigenvalue weighted by Gasteiger charge is -2.11. The van der Waals surface area contributed by atoms with Crippen LogP contribution in [0.2, 0.25) is 5.02 Å². The van der Waals surface area contributed by atoms with Crippen molar-refractivity contribution >= 4 is 23.1 Å². The number of nitrogens with two attached hydrogens (primary N) is 1. The summed E-state index contributed by atoms with van der Waals surface area (Å²) in [5, 5.41) is 15.7. The summed E-state index contributed by atoms with van der Waals surface area (Å²) in [6.07, 6.45) is 0. The van der Waals surface area contributed by atoms with Crippen LogP contribution in [-0.4, -0.2) is 11.0 Å². The Hall–Kier alpha value is -2.20. The Bertz CT molecular complexity index is 624. The van der Waals surface area contributed by atoms with E-state index in [1.165, 1.54) is 0 Å². The normalized spacial score (nSPS) is 11.4. The number of hydrogen-bond donors (Lipinski definition) is 3. The van der Waals surface area contributed by atoms with Crippen molar-refractivity contribution in [2.45, 2.75) is 13.5 Å². The molecule has 2 rings (SSSR count). The molecule has 4 N–H and O–H groups in total. The van der Waals surface area contributed by atoms with Gasteiger partial charge in [-0.1, -0.05) is 47.1 Å². The zero-order chi connectivity index (χ0) is 14.5. The van der Waals surface area contributed by atoms with E-state index in [-0.39, 0.29) is 5.84 Å². The predicted octanol–water partition coefficient (Wildman–Crippen LogP) is 3.36. The van der Waals surface area contributed by atoms with E-state index in [0.29, 0.717) is 12.1 Å². The minimum Gasteiger partial charge on any atom is -0.409 e. The van der Waals surface area contributed by atoms with Crippen LogP contribution in [0.5, 0.6) is 0 Å². The third-order valence-corrected chi connectivity index (χ3v) is 3.52. The Labute approximate surface area is 122 Å². The topological polar surface area (TPSA) is 70.6 Å².